The van der Waals surface area contributed by atoms with E-state index in [2.05, 4.69) is 15.3 Å². The number of carboxylic acids is 1. The first-order valence-corrected chi connectivity index (χ1v) is 4.76. The van der Waals surface area contributed by atoms with Crippen LogP contribution in [0, 0.1) is 0 Å². The van der Waals surface area contributed by atoms with Crippen molar-refractivity contribution in [3.8, 4) is 0 Å². The van der Waals surface area contributed by atoms with Gasteiger partial charge in [0.15, 0.2) is 0 Å². The van der Waals surface area contributed by atoms with E-state index in [4.69, 9.17) is 5.11 Å². The molecule has 1 rings (SSSR count). The molecule has 0 aliphatic heterocycles. The summed E-state index contributed by atoms with van der Waals surface area (Å²) in [6.07, 6.45) is 5.48. The lowest BCUT2D eigenvalue weighted by molar-refractivity contribution is -0.137. The Hall–Kier alpha value is -1.65. The van der Waals surface area contributed by atoms with Gasteiger partial charge in [-0.05, 0) is 20.3 Å². The molecule has 0 fully saturated rings. The van der Waals surface area contributed by atoms with Crippen LogP contribution in [0.1, 0.15) is 26.7 Å². The number of aromatic nitrogens is 2. The van der Waals surface area contributed by atoms with Crippen molar-refractivity contribution < 1.29 is 9.90 Å². The molecular weight excluding hydrogens is 194 g/mol. The van der Waals surface area contributed by atoms with Crippen LogP contribution in [0.4, 0.5) is 5.82 Å². The van der Waals surface area contributed by atoms with Gasteiger partial charge in [-0.3, -0.25) is 9.78 Å². The summed E-state index contributed by atoms with van der Waals surface area (Å²) >= 11 is 0. The fraction of sp³-hybridized carbons (Fsp3) is 0.500. The Bertz CT molecular complexity index is 325. The second-order valence-electron chi connectivity index (χ2n) is 3.99. The van der Waals surface area contributed by atoms with Gasteiger partial charge in [-0.25, -0.2) is 4.98 Å². The summed E-state index contributed by atoms with van der Waals surface area (Å²) in [6, 6.07) is 0. The number of carboxylic acid groups (broad SMARTS) is 1. The number of aliphatic carboxylic acids is 1. The van der Waals surface area contributed by atoms with Crippen molar-refractivity contribution in [3.63, 3.8) is 0 Å². The maximum absolute atomic E-state index is 10.4. The Morgan fingerprint density at radius 3 is 2.80 bits per heavy atom. The van der Waals surface area contributed by atoms with Gasteiger partial charge < -0.3 is 10.4 Å². The van der Waals surface area contributed by atoms with E-state index in [0.29, 0.717) is 12.2 Å². The molecule has 0 spiro atoms. The molecule has 82 valence electrons. The van der Waals surface area contributed by atoms with Crippen LogP contribution in [0.25, 0.3) is 0 Å². The van der Waals surface area contributed by atoms with Crippen LogP contribution < -0.4 is 5.32 Å². The molecule has 1 aromatic rings. The molecule has 0 radical (unpaired) electrons. The van der Waals surface area contributed by atoms with Gasteiger partial charge in [-0.15, -0.1) is 0 Å². The van der Waals surface area contributed by atoms with Crippen LogP contribution in [0.2, 0.25) is 0 Å². The number of hydrogen-bond acceptors (Lipinski definition) is 4. The van der Waals surface area contributed by atoms with Crippen LogP contribution >= 0.6 is 0 Å². The second kappa shape index (κ2) is 4.72. The van der Waals surface area contributed by atoms with Crippen LogP contribution in [0.15, 0.2) is 18.6 Å². The summed E-state index contributed by atoms with van der Waals surface area (Å²) in [4.78, 5) is 18.4. The van der Waals surface area contributed by atoms with Gasteiger partial charge in [0.05, 0.1) is 6.20 Å². The zero-order chi connectivity index (χ0) is 11.3. The lowest BCUT2D eigenvalue weighted by Crippen LogP contribution is -2.32. The predicted molar refractivity (Wildman–Crippen MR) is 56.6 cm³/mol. The molecule has 15 heavy (non-hydrogen) atoms. The number of hydrogen-bond donors (Lipinski definition) is 2. The molecule has 5 nitrogen and oxygen atoms in total. The predicted octanol–water partition coefficient (Wildman–Crippen LogP) is 1.53. The highest BCUT2D eigenvalue weighted by Crippen LogP contribution is 2.16. The van der Waals surface area contributed by atoms with Gasteiger partial charge in [-0.1, -0.05) is 0 Å². The molecule has 0 saturated carbocycles. The van der Waals surface area contributed by atoms with E-state index >= 15 is 0 Å². The topological polar surface area (TPSA) is 75.1 Å². The van der Waals surface area contributed by atoms with Crippen molar-refractivity contribution in [2.24, 2.45) is 0 Å². The van der Waals surface area contributed by atoms with Crippen LogP contribution in [-0.2, 0) is 4.79 Å². The Morgan fingerprint density at radius 1 is 1.53 bits per heavy atom. The van der Waals surface area contributed by atoms with Gasteiger partial charge >= 0.3 is 5.97 Å². The molecule has 0 saturated heterocycles. The summed E-state index contributed by atoms with van der Waals surface area (Å²) in [5.74, 6) is -0.128. The number of rotatable bonds is 5. The van der Waals surface area contributed by atoms with E-state index in [1.54, 1.807) is 18.6 Å². The highest BCUT2D eigenvalue weighted by molar-refractivity contribution is 5.66. The first-order valence-electron chi connectivity index (χ1n) is 4.76. The summed E-state index contributed by atoms with van der Waals surface area (Å²) in [5, 5.41) is 11.7. The third kappa shape index (κ3) is 4.39. The minimum atomic E-state index is -0.788. The van der Waals surface area contributed by atoms with Crippen molar-refractivity contribution in [1.29, 1.82) is 0 Å². The summed E-state index contributed by atoms with van der Waals surface area (Å²) < 4.78 is 0. The maximum atomic E-state index is 10.4. The third-order valence-electron chi connectivity index (χ3n) is 1.99. The van der Waals surface area contributed by atoms with Gasteiger partial charge in [-0.2, -0.15) is 0 Å². The van der Waals surface area contributed by atoms with Crippen molar-refractivity contribution in [2.75, 3.05) is 5.32 Å². The molecule has 0 amide bonds. The first-order chi connectivity index (χ1) is 6.99. The Labute approximate surface area is 88.6 Å². The highest BCUT2D eigenvalue weighted by Gasteiger charge is 2.19. The van der Waals surface area contributed by atoms with E-state index in [-0.39, 0.29) is 12.0 Å². The van der Waals surface area contributed by atoms with E-state index in [0.717, 1.165) is 0 Å². The fourth-order valence-electron chi connectivity index (χ4n) is 1.19. The summed E-state index contributed by atoms with van der Waals surface area (Å²) in [7, 11) is 0. The van der Waals surface area contributed by atoms with E-state index in [9.17, 15) is 4.79 Å². The number of nitrogens with one attached hydrogen (secondary N) is 1. The molecule has 0 unspecified atom stereocenters. The van der Waals surface area contributed by atoms with Gasteiger partial charge in [0.25, 0.3) is 0 Å². The van der Waals surface area contributed by atoms with Crippen molar-refractivity contribution in [2.45, 2.75) is 32.2 Å². The molecule has 0 aliphatic rings. The quantitative estimate of drug-likeness (QED) is 0.769. The third-order valence-corrected chi connectivity index (χ3v) is 1.99. The van der Waals surface area contributed by atoms with Crippen molar-refractivity contribution in [1.82, 2.24) is 9.97 Å². The van der Waals surface area contributed by atoms with Gasteiger partial charge in [0.1, 0.15) is 5.82 Å². The average molecular weight is 209 g/mol. The molecule has 1 heterocycles. The number of anilines is 1. The van der Waals surface area contributed by atoms with E-state index < -0.39 is 5.97 Å². The fourth-order valence-corrected chi connectivity index (χ4v) is 1.19. The molecule has 0 aliphatic carbocycles. The molecular formula is C10H15N3O2. The molecule has 0 aromatic carbocycles. The number of nitrogens with zero attached hydrogens (tertiary/aromatic N) is 2. The van der Waals surface area contributed by atoms with Crippen molar-refractivity contribution >= 4 is 11.8 Å². The minimum absolute atomic E-state index is 0.139. The van der Waals surface area contributed by atoms with Crippen LogP contribution in [0.3, 0.4) is 0 Å². The molecule has 1 aromatic heterocycles. The van der Waals surface area contributed by atoms with Crippen LogP contribution in [0.5, 0.6) is 0 Å². The largest absolute Gasteiger partial charge is 0.481 e. The lowest BCUT2D eigenvalue weighted by atomic mass is 9.98. The smallest absolute Gasteiger partial charge is 0.303 e. The molecule has 2 N–H and O–H groups in total. The zero-order valence-corrected chi connectivity index (χ0v) is 8.90. The van der Waals surface area contributed by atoms with Crippen LogP contribution in [-0.4, -0.2) is 26.6 Å². The first kappa shape index (κ1) is 11.4. The van der Waals surface area contributed by atoms with Gasteiger partial charge in [0, 0.05) is 24.4 Å². The standard InChI is InChI=1S/C10H15N3O2/c1-10(2,4-3-9(14)15)13-8-7-11-5-6-12-8/h5-7H,3-4H2,1-2H3,(H,12,13)(H,14,15). The summed E-state index contributed by atoms with van der Waals surface area (Å²) in [5.41, 5.74) is -0.297. The normalized spacial score (nSPS) is 11.1. The SMILES string of the molecule is CC(C)(CCC(=O)O)Nc1cnccn1. The lowest BCUT2D eigenvalue weighted by Gasteiger charge is -2.25. The zero-order valence-electron chi connectivity index (χ0n) is 8.90. The summed E-state index contributed by atoms with van der Waals surface area (Å²) in [6.45, 7) is 3.87. The monoisotopic (exact) mass is 209 g/mol. The average Bonchev–Trinajstić information content (AvgIpc) is 2.16. The Kier molecular flexibility index (Phi) is 3.60. The minimum Gasteiger partial charge on any atom is -0.481 e. The van der Waals surface area contributed by atoms with E-state index in [1.807, 2.05) is 13.8 Å². The second-order valence-corrected chi connectivity index (χ2v) is 3.99. The number of carbonyl (C=O) groups is 1. The Balaban J connectivity index is 2.52. The molecule has 5 heteroatoms. The molecule has 0 bridgehead atoms. The van der Waals surface area contributed by atoms with E-state index in [1.165, 1.54) is 0 Å². The Morgan fingerprint density at radius 2 is 2.27 bits per heavy atom. The maximum Gasteiger partial charge on any atom is 0.303 e. The molecule has 0 atom stereocenters. The highest BCUT2D eigenvalue weighted by atomic mass is 16.4. The van der Waals surface area contributed by atoms with Crippen molar-refractivity contribution in [3.05, 3.63) is 18.6 Å². The van der Waals surface area contributed by atoms with Gasteiger partial charge in [0.2, 0.25) is 0 Å².